The van der Waals surface area contributed by atoms with Crippen LogP contribution in [0, 0.1) is 5.92 Å². The summed E-state index contributed by atoms with van der Waals surface area (Å²) in [4.78, 5) is 2.73. The van der Waals surface area contributed by atoms with Crippen LogP contribution in [0.5, 0.6) is 0 Å². The van der Waals surface area contributed by atoms with Gasteiger partial charge in [-0.2, -0.15) is 0 Å². The van der Waals surface area contributed by atoms with Crippen molar-refractivity contribution >= 4 is 0 Å². The molecule has 82 valence electrons. The Bertz CT molecular complexity index is 158. The van der Waals surface area contributed by atoms with Crippen molar-refractivity contribution in [3.05, 3.63) is 0 Å². The summed E-state index contributed by atoms with van der Waals surface area (Å²) in [5, 5.41) is 3.50. The molecule has 0 radical (unpaired) electrons. The highest BCUT2D eigenvalue weighted by atomic mass is 15.2. The Balaban J connectivity index is 1.80. The molecule has 0 amide bonds. The minimum atomic E-state index is 0.871. The third-order valence-corrected chi connectivity index (χ3v) is 3.66. The Hall–Kier alpha value is -0.0800. The zero-order valence-corrected chi connectivity index (χ0v) is 9.47. The molecule has 1 atom stereocenters. The Morgan fingerprint density at radius 1 is 1.14 bits per heavy atom. The molecular weight excluding hydrogens is 172 g/mol. The van der Waals surface area contributed by atoms with Crippen molar-refractivity contribution < 1.29 is 0 Å². The van der Waals surface area contributed by atoms with Gasteiger partial charge in [-0.25, -0.2) is 0 Å². The van der Waals surface area contributed by atoms with Gasteiger partial charge in [0.25, 0.3) is 0 Å². The Labute approximate surface area is 88.1 Å². The molecule has 1 N–H and O–H groups in total. The van der Waals surface area contributed by atoms with Crippen molar-refractivity contribution in [2.75, 3.05) is 26.2 Å². The zero-order chi connectivity index (χ0) is 9.80. The molecule has 2 heteroatoms. The first-order valence-electron chi connectivity index (χ1n) is 6.35. The van der Waals surface area contributed by atoms with Crippen molar-refractivity contribution in [2.45, 2.75) is 45.1 Å². The van der Waals surface area contributed by atoms with Gasteiger partial charge in [0.15, 0.2) is 0 Å². The van der Waals surface area contributed by atoms with Crippen molar-refractivity contribution in [2.24, 2.45) is 5.92 Å². The van der Waals surface area contributed by atoms with E-state index < -0.39 is 0 Å². The van der Waals surface area contributed by atoms with Crippen LogP contribution >= 0.6 is 0 Å². The highest BCUT2D eigenvalue weighted by Gasteiger charge is 2.27. The van der Waals surface area contributed by atoms with Gasteiger partial charge < -0.3 is 10.2 Å². The molecule has 1 heterocycles. The summed E-state index contributed by atoms with van der Waals surface area (Å²) >= 11 is 0. The molecule has 0 aromatic heterocycles. The highest BCUT2D eigenvalue weighted by Crippen LogP contribution is 2.31. The van der Waals surface area contributed by atoms with Crippen LogP contribution in [0.15, 0.2) is 0 Å². The molecule has 1 aliphatic heterocycles. The van der Waals surface area contributed by atoms with E-state index in [1.165, 1.54) is 58.3 Å². The highest BCUT2D eigenvalue weighted by molar-refractivity contribution is 4.82. The summed E-state index contributed by atoms with van der Waals surface area (Å²) in [5.74, 6) is 1.05. The number of hydrogen-bond donors (Lipinski definition) is 1. The molecule has 2 nitrogen and oxygen atoms in total. The van der Waals surface area contributed by atoms with Gasteiger partial charge in [-0.3, -0.25) is 0 Å². The first-order chi connectivity index (χ1) is 6.90. The van der Waals surface area contributed by atoms with Crippen LogP contribution < -0.4 is 5.32 Å². The van der Waals surface area contributed by atoms with E-state index in [1.807, 2.05) is 0 Å². The third-order valence-electron chi connectivity index (χ3n) is 3.66. The van der Waals surface area contributed by atoms with Crippen LogP contribution in [0.4, 0.5) is 0 Å². The second-order valence-corrected chi connectivity index (χ2v) is 4.87. The van der Waals surface area contributed by atoms with Gasteiger partial charge in [-0.1, -0.05) is 6.92 Å². The fourth-order valence-corrected chi connectivity index (χ4v) is 2.53. The molecule has 2 fully saturated rings. The van der Waals surface area contributed by atoms with Crippen LogP contribution in [-0.4, -0.2) is 37.1 Å². The second kappa shape index (κ2) is 5.13. The minimum Gasteiger partial charge on any atom is -0.317 e. The maximum Gasteiger partial charge on any atom is 0.0108 e. The number of hydrogen-bond acceptors (Lipinski definition) is 2. The standard InChI is InChI=1S/C12H24N2/c1-2-14(10-11-5-6-11)12-4-3-8-13-9-7-12/h11-13H,2-10H2,1H3. The Morgan fingerprint density at radius 3 is 2.71 bits per heavy atom. The van der Waals surface area contributed by atoms with E-state index in [1.54, 1.807) is 0 Å². The number of rotatable bonds is 4. The summed E-state index contributed by atoms with van der Waals surface area (Å²) in [6, 6.07) is 0.871. The molecule has 0 aromatic rings. The van der Waals surface area contributed by atoms with Gasteiger partial charge in [0.1, 0.15) is 0 Å². The van der Waals surface area contributed by atoms with E-state index in [0.29, 0.717) is 0 Å². The molecule has 0 aromatic carbocycles. The maximum absolute atomic E-state index is 3.50. The average molecular weight is 196 g/mol. The molecule has 1 saturated carbocycles. The lowest BCUT2D eigenvalue weighted by Crippen LogP contribution is -2.37. The molecule has 0 spiro atoms. The van der Waals surface area contributed by atoms with Crippen molar-refractivity contribution in [3.63, 3.8) is 0 Å². The second-order valence-electron chi connectivity index (χ2n) is 4.87. The van der Waals surface area contributed by atoms with Crippen LogP contribution in [0.25, 0.3) is 0 Å². The van der Waals surface area contributed by atoms with Crippen LogP contribution in [0.3, 0.4) is 0 Å². The predicted molar refractivity (Wildman–Crippen MR) is 60.5 cm³/mol. The lowest BCUT2D eigenvalue weighted by Gasteiger charge is -2.29. The molecule has 2 rings (SSSR count). The molecule has 14 heavy (non-hydrogen) atoms. The molecule has 0 bridgehead atoms. The lowest BCUT2D eigenvalue weighted by atomic mass is 10.1. The first kappa shape index (κ1) is 10.4. The molecule has 1 unspecified atom stereocenters. The SMILES string of the molecule is CCN(CC1CC1)C1CCCNCC1. The maximum atomic E-state index is 3.50. The van der Waals surface area contributed by atoms with Crippen molar-refractivity contribution in [1.82, 2.24) is 10.2 Å². The monoisotopic (exact) mass is 196 g/mol. The number of nitrogens with one attached hydrogen (secondary N) is 1. The average Bonchev–Trinajstić information content (AvgIpc) is 3.01. The summed E-state index contributed by atoms with van der Waals surface area (Å²) in [6.07, 6.45) is 7.11. The normalized spacial score (nSPS) is 29.1. The summed E-state index contributed by atoms with van der Waals surface area (Å²) < 4.78 is 0. The minimum absolute atomic E-state index is 0.871. The fourth-order valence-electron chi connectivity index (χ4n) is 2.53. The van der Waals surface area contributed by atoms with Gasteiger partial charge >= 0.3 is 0 Å². The Morgan fingerprint density at radius 2 is 2.00 bits per heavy atom. The summed E-state index contributed by atoms with van der Waals surface area (Å²) in [5.41, 5.74) is 0. The van der Waals surface area contributed by atoms with Gasteiger partial charge in [0, 0.05) is 12.6 Å². The zero-order valence-electron chi connectivity index (χ0n) is 9.47. The van der Waals surface area contributed by atoms with Gasteiger partial charge in [-0.05, 0) is 57.7 Å². The largest absolute Gasteiger partial charge is 0.317 e. The molecule has 2 aliphatic rings. The van der Waals surface area contributed by atoms with E-state index in [0.717, 1.165) is 12.0 Å². The summed E-state index contributed by atoms with van der Waals surface area (Å²) in [7, 11) is 0. The van der Waals surface area contributed by atoms with Gasteiger partial charge in [0.2, 0.25) is 0 Å². The quantitative estimate of drug-likeness (QED) is 0.738. The lowest BCUT2D eigenvalue weighted by molar-refractivity contribution is 0.183. The topological polar surface area (TPSA) is 15.3 Å². The first-order valence-corrected chi connectivity index (χ1v) is 6.35. The van der Waals surface area contributed by atoms with Gasteiger partial charge in [-0.15, -0.1) is 0 Å². The van der Waals surface area contributed by atoms with Crippen LogP contribution in [-0.2, 0) is 0 Å². The van der Waals surface area contributed by atoms with Crippen molar-refractivity contribution in [1.29, 1.82) is 0 Å². The number of nitrogens with zero attached hydrogens (tertiary/aromatic N) is 1. The van der Waals surface area contributed by atoms with Gasteiger partial charge in [0.05, 0.1) is 0 Å². The van der Waals surface area contributed by atoms with Crippen LogP contribution in [0.2, 0.25) is 0 Å². The van der Waals surface area contributed by atoms with Crippen molar-refractivity contribution in [3.8, 4) is 0 Å². The molecular formula is C12H24N2. The third kappa shape index (κ3) is 2.96. The van der Waals surface area contributed by atoms with Crippen LogP contribution in [0.1, 0.15) is 39.0 Å². The van der Waals surface area contributed by atoms with E-state index in [-0.39, 0.29) is 0 Å². The molecule has 1 saturated heterocycles. The van der Waals surface area contributed by atoms with E-state index in [9.17, 15) is 0 Å². The van der Waals surface area contributed by atoms with E-state index in [4.69, 9.17) is 0 Å². The fraction of sp³-hybridized carbons (Fsp3) is 1.00. The summed E-state index contributed by atoms with van der Waals surface area (Å²) in [6.45, 7) is 7.41. The predicted octanol–water partition coefficient (Wildman–Crippen LogP) is 1.86. The van der Waals surface area contributed by atoms with E-state index in [2.05, 4.69) is 17.1 Å². The molecule has 1 aliphatic carbocycles. The Kier molecular flexibility index (Phi) is 3.82. The van der Waals surface area contributed by atoms with E-state index >= 15 is 0 Å². The smallest absolute Gasteiger partial charge is 0.0108 e.